The first-order chi connectivity index (χ1) is 15.6. The Hall–Kier alpha value is -3.22. The third-order valence-corrected chi connectivity index (χ3v) is 7.94. The first-order valence-electron chi connectivity index (χ1n) is 9.46. The van der Waals surface area contributed by atoms with Crippen molar-refractivity contribution in [1.82, 2.24) is 4.98 Å². The van der Waals surface area contributed by atoms with E-state index in [0.29, 0.717) is 11.1 Å². The molecule has 1 aliphatic heterocycles. The quantitative estimate of drug-likeness (QED) is 0.215. The van der Waals surface area contributed by atoms with Gasteiger partial charge in [0.05, 0.1) is 36.7 Å². The number of aromatic nitrogens is 1. The van der Waals surface area contributed by atoms with E-state index in [1.165, 1.54) is 11.3 Å². The number of hydrogen-bond acceptors (Lipinski definition) is 7. The molecule has 166 valence electrons. The number of benzene rings is 4. The van der Waals surface area contributed by atoms with Crippen molar-refractivity contribution >= 4 is 58.2 Å². The van der Waals surface area contributed by atoms with Crippen molar-refractivity contribution in [3.05, 3.63) is 78.2 Å². The molecule has 1 heterocycles. The maximum Gasteiger partial charge on any atom is 0.296 e. The Balaban J connectivity index is 1.77. The smallest absolute Gasteiger partial charge is 0.282 e. The molecule has 8 nitrogen and oxygen atoms in total. The summed E-state index contributed by atoms with van der Waals surface area (Å²) >= 11 is 1.50. The van der Waals surface area contributed by atoms with Crippen LogP contribution in [0.3, 0.4) is 0 Å². The molecule has 11 heteroatoms. The van der Waals surface area contributed by atoms with E-state index in [1.807, 2.05) is 36.4 Å². The normalized spacial score (nSPS) is 13.2. The second-order valence-electron chi connectivity index (χ2n) is 7.19. The standard InChI is InChI=1S/C22H14N2O6S3/c25-32(26,27)15-7-10-21(33(28,29)30)19(12-15)23-14-6-9-17-20(11-14)31-22-16-4-2-1-3-13(16)5-8-18(22)24-17/h1-12H,(H,25,26,27)(H,28,29,30). The molecule has 0 atom stereocenters. The fourth-order valence-electron chi connectivity index (χ4n) is 3.52. The highest BCUT2D eigenvalue weighted by Crippen LogP contribution is 2.34. The zero-order chi connectivity index (χ0) is 23.4. The maximum absolute atomic E-state index is 11.8. The van der Waals surface area contributed by atoms with Crippen LogP contribution < -0.4 is 5.36 Å². The molecule has 3 aromatic rings. The Morgan fingerprint density at radius 2 is 1.61 bits per heavy atom. The van der Waals surface area contributed by atoms with Gasteiger partial charge in [-0.15, -0.1) is 11.3 Å². The average Bonchev–Trinajstić information content (AvgIpc) is 2.76. The number of rotatable bonds is 3. The van der Waals surface area contributed by atoms with Crippen LogP contribution in [-0.2, 0) is 20.2 Å². The van der Waals surface area contributed by atoms with Crippen LogP contribution in [0.2, 0.25) is 0 Å². The van der Waals surface area contributed by atoms with E-state index < -0.39 is 30.0 Å². The van der Waals surface area contributed by atoms with E-state index in [4.69, 9.17) is 4.98 Å². The van der Waals surface area contributed by atoms with Gasteiger partial charge in [-0.25, -0.2) is 9.98 Å². The molecule has 0 amide bonds. The monoisotopic (exact) mass is 498 g/mol. The first-order valence-corrected chi connectivity index (χ1v) is 13.2. The van der Waals surface area contributed by atoms with Gasteiger partial charge in [0.1, 0.15) is 4.90 Å². The highest BCUT2D eigenvalue weighted by molar-refractivity contribution is 7.86. The summed E-state index contributed by atoms with van der Waals surface area (Å²) in [7, 11) is -9.30. The van der Waals surface area contributed by atoms with Crippen LogP contribution >= 0.6 is 11.3 Å². The van der Waals surface area contributed by atoms with Gasteiger partial charge >= 0.3 is 0 Å². The second-order valence-corrected chi connectivity index (χ2v) is 11.1. The molecule has 0 saturated heterocycles. The van der Waals surface area contributed by atoms with Crippen LogP contribution in [0.25, 0.3) is 31.6 Å². The summed E-state index contributed by atoms with van der Waals surface area (Å²) in [6, 6.07) is 19.5. The van der Waals surface area contributed by atoms with Gasteiger partial charge in [-0.2, -0.15) is 16.8 Å². The summed E-state index contributed by atoms with van der Waals surface area (Å²) in [5.74, 6) is 0. The van der Waals surface area contributed by atoms with Crippen LogP contribution in [0.15, 0.2) is 87.6 Å². The molecule has 0 spiro atoms. The van der Waals surface area contributed by atoms with Gasteiger partial charge < -0.3 is 0 Å². The fraction of sp³-hybridized carbons (Fsp3) is 0. The molecule has 0 saturated carbocycles. The van der Waals surface area contributed by atoms with Crippen molar-refractivity contribution in [2.45, 2.75) is 9.79 Å². The minimum atomic E-state index is -4.69. The third-order valence-electron chi connectivity index (χ3n) is 5.01. The van der Waals surface area contributed by atoms with Crippen molar-refractivity contribution in [3.8, 4) is 10.6 Å². The van der Waals surface area contributed by atoms with Gasteiger partial charge in [0.2, 0.25) is 0 Å². The van der Waals surface area contributed by atoms with Crippen LogP contribution in [0.4, 0.5) is 5.69 Å². The molecular weight excluding hydrogens is 484 g/mol. The minimum absolute atomic E-state index is 0.317. The van der Waals surface area contributed by atoms with E-state index in [2.05, 4.69) is 4.99 Å². The summed E-state index contributed by atoms with van der Waals surface area (Å²) in [4.78, 5) is 8.59. The minimum Gasteiger partial charge on any atom is -0.282 e. The molecule has 5 rings (SSSR count). The van der Waals surface area contributed by atoms with Crippen LogP contribution in [-0.4, -0.2) is 30.9 Å². The summed E-state index contributed by atoms with van der Waals surface area (Å²) in [5, 5.41) is 2.44. The van der Waals surface area contributed by atoms with Gasteiger partial charge in [-0.3, -0.25) is 9.11 Å². The van der Waals surface area contributed by atoms with Crippen molar-refractivity contribution < 1.29 is 25.9 Å². The average molecular weight is 499 g/mol. The van der Waals surface area contributed by atoms with Crippen molar-refractivity contribution in [1.29, 1.82) is 0 Å². The Morgan fingerprint density at radius 3 is 2.36 bits per heavy atom. The third kappa shape index (κ3) is 4.12. The summed E-state index contributed by atoms with van der Waals surface area (Å²) in [6.45, 7) is 0. The summed E-state index contributed by atoms with van der Waals surface area (Å²) < 4.78 is 66.3. The van der Waals surface area contributed by atoms with E-state index in [-0.39, 0.29) is 5.69 Å². The summed E-state index contributed by atoms with van der Waals surface area (Å²) in [5.41, 5.74) is 1.23. The predicted octanol–water partition coefficient (Wildman–Crippen LogP) is 4.28. The molecular formula is C22H14N2O6S3. The Labute approximate surface area is 192 Å². The number of fused-ring (bicyclic) bond motifs is 4. The van der Waals surface area contributed by atoms with E-state index in [1.54, 1.807) is 18.2 Å². The molecule has 1 aliphatic carbocycles. The molecule has 33 heavy (non-hydrogen) atoms. The zero-order valence-corrected chi connectivity index (χ0v) is 19.0. The molecule has 0 radical (unpaired) electrons. The van der Waals surface area contributed by atoms with Gasteiger partial charge in [0.15, 0.2) is 0 Å². The molecule has 2 N–H and O–H groups in total. The lowest BCUT2D eigenvalue weighted by Crippen LogP contribution is -2.05. The van der Waals surface area contributed by atoms with Crippen molar-refractivity contribution in [2.24, 2.45) is 4.99 Å². The SMILES string of the molecule is O=S(=O)(O)c1ccc(S(=O)(=O)O)c(N=c2ccc3nc4ccc5ccccc5c4sc-3c2)c1. The Morgan fingerprint density at radius 1 is 0.818 bits per heavy atom. The molecule has 0 fully saturated rings. The van der Waals surface area contributed by atoms with Gasteiger partial charge in [-0.1, -0.05) is 30.3 Å². The highest BCUT2D eigenvalue weighted by Gasteiger charge is 2.19. The first kappa shape index (κ1) is 21.6. The fourth-order valence-corrected chi connectivity index (χ4v) is 5.76. The lowest BCUT2D eigenvalue weighted by atomic mass is 10.1. The van der Waals surface area contributed by atoms with E-state index in [9.17, 15) is 25.9 Å². The Kier molecular flexibility index (Phi) is 5.03. The lowest BCUT2D eigenvalue weighted by Gasteiger charge is -2.09. The lowest BCUT2D eigenvalue weighted by molar-refractivity contribution is 0.478. The molecule has 0 unspecified atom stereocenters. The van der Waals surface area contributed by atoms with Crippen molar-refractivity contribution in [3.63, 3.8) is 0 Å². The van der Waals surface area contributed by atoms with E-state index in [0.717, 1.165) is 44.1 Å². The Bertz CT molecular complexity index is 1830. The molecule has 0 aromatic heterocycles. The predicted molar refractivity (Wildman–Crippen MR) is 125 cm³/mol. The topological polar surface area (TPSA) is 134 Å². The maximum atomic E-state index is 11.8. The van der Waals surface area contributed by atoms with Gasteiger partial charge in [-0.05, 0) is 47.9 Å². The largest absolute Gasteiger partial charge is 0.296 e. The summed E-state index contributed by atoms with van der Waals surface area (Å²) in [6.07, 6.45) is 0. The van der Waals surface area contributed by atoms with Crippen molar-refractivity contribution in [2.75, 3.05) is 0 Å². The van der Waals surface area contributed by atoms with Crippen LogP contribution in [0, 0.1) is 0 Å². The number of nitrogens with zero attached hydrogens (tertiary/aromatic N) is 2. The second kappa shape index (κ2) is 7.68. The molecule has 3 aromatic carbocycles. The molecule has 2 aliphatic rings. The van der Waals surface area contributed by atoms with Crippen LogP contribution in [0.1, 0.15) is 0 Å². The molecule has 0 bridgehead atoms. The highest BCUT2D eigenvalue weighted by atomic mass is 32.2. The van der Waals surface area contributed by atoms with Crippen LogP contribution in [0.5, 0.6) is 0 Å². The van der Waals surface area contributed by atoms with E-state index >= 15 is 0 Å². The van der Waals surface area contributed by atoms with Gasteiger partial charge in [0.25, 0.3) is 20.2 Å². The van der Waals surface area contributed by atoms with Gasteiger partial charge in [0, 0.05) is 5.39 Å². The number of hydrogen-bond donors (Lipinski definition) is 2. The zero-order valence-electron chi connectivity index (χ0n) is 16.6.